The van der Waals surface area contributed by atoms with Crippen molar-refractivity contribution in [3.63, 3.8) is 0 Å². The molecule has 1 unspecified atom stereocenters. The maximum absolute atomic E-state index is 9.10. The summed E-state index contributed by atoms with van der Waals surface area (Å²) in [5, 5.41) is 18.4. The summed E-state index contributed by atoms with van der Waals surface area (Å²) in [6.07, 6.45) is 1.87. The van der Waals surface area contributed by atoms with Crippen molar-refractivity contribution in [3.8, 4) is 17.2 Å². The summed E-state index contributed by atoms with van der Waals surface area (Å²) in [7, 11) is 3.37. The number of hydrogen-bond acceptors (Lipinski definition) is 6. The average Bonchev–Trinajstić information content (AvgIpc) is 3.31. The van der Waals surface area contributed by atoms with E-state index in [1.807, 2.05) is 42.7 Å². The molecule has 182 valence electrons. The number of benzene rings is 3. The van der Waals surface area contributed by atoms with Gasteiger partial charge in [0.05, 0.1) is 25.3 Å². The Balaban J connectivity index is 0.000000509. The largest absolute Gasteiger partial charge is 0.497 e. The fraction of sp³-hybridized carbons (Fsp3) is 0.192. The molecule has 0 aliphatic heterocycles. The Kier molecular flexibility index (Phi) is 8.42. The number of aromatic nitrogens is 2. The minimum Gasteiger partial charge on any atom is -0.497 e. The van der Waals surface area contributed by atoms with Crippen LogP contribution in [0.1, 0.15) is 24.1 Å². The second-order valence-electron chi connectivity index (χ2n) is 7.59. The molecule has 4 aromatic rings. The van der Waals surface area contributed by atoms with Crippen LogP contribution in [0.2, 0.25) is 0 Å². The topological polar surface area (TPSA) is 123 Å². The number of nitrogens with one attached hydrogen (secondary N) is 1. The van der Waals surface area contributed by atoms with Crippen molar-refractivity contribution in [2.45, 2.75) is 19.5 Å². The number of nitrogens with zero attached hydrogens (tertiary/aromatic N) is 2. The van der Waals surface area contributed by atoms with E-state index < -0.39 is 11.9 Å². The highest BCUT2D eigenvalue weighted by atomic mass is 16.5. The van der Waals surface area contributed by atoms with E-state index in [0.717, 1.165) is 40.3 Å². The third-order valence-electron chi connectivity index (χ3n) is 5.37. The second kappa shape index (κ2) is 11.7. The molecule has 1 heterocycles. The van der Waals surface area contributed by atoms with Crippen LogP contribution in [0.3, 0.4) is 0 Å². The van der Waals surface area contributed by atoms with E-state index in [2.05, 4.69) is 52.1 Å². The molecular weight excluding hydrogens is 450 g/mol. The number of imidazole rings is 1. The number of hydrogen-bond donors (Lipinski definition) is 3. The average molecular weight is 478 g/mol. The molecule has 3 aromatic carbocycles. The number of carboxylic acid groups (broad SMARTS) is 2. The molecule has 0 spiro atoms. The summed E-state index contributed by atoms with van der Waals surface area (Å²) in [6, 6.07) is 22.7. The van der Waals surface area contributed by atoms with Gasteiger partial charge in [-0.3, -0.25) is 4.57 Å². The molecule has 3 N–H and O–H groups in total. The Morgan fingerprint density at radius 3 is 2.29 bits per heavy atom. The molecule has 0 fully saturated rings. The fourth-order valence-corrected chi connectivity index (χ4v) is 3.50. The normalized spacial score (nSPS) is 11.3. The first-order valence-corrected chi connectivity index (χ1v) is 10.8. The van der Waals surface area contributed by atoms with E-state index in [1.165, 1.54) is 5.56 Å². The molecule has 0 saturated heterocycles. The van der Waals surface area contributed by atoms with Gasteiger partial charge in [0.15, 0.2) is 0 Å². The zero-order chi connectivity index (χ0) is 25.4. The van der Waals surface area contributed by atoms with Crippen LogP contribution < -0.4 is 14.8 Å². The summed E-state index contributed by atoms with van der Waals surface area (Å²) >= 11 is 0. The number of methoxy groups -OCH3 is 2. The Bertz CT molecular complexity index is 1290. The molecule has 0 aliphatic rings. The lowest BCUT2D eigenvalue weighted by molar-refractivity contribution is -0.159. The lowest BCUT2D eigenvalue weighted by atomic mass is 10.1. The first-order chi connectivity index (χ1) is 16.8. The van der Waals surface area contributed by atoms with Gasteiger partial charge in [-0.15, -0.1) is 0 Å². The molecule has 0 aliphatic carbocycles. The maximum Gasteiger partial charge on any atom is 0.414 e. The van der Waals surface area contributed by atoms with E-state index in [0.29, 0.717) is 0 Å². The zero-order valence-corrected chi connectivity index (χ0v) is 19.6. The summed E-state index contributed by atoms with van der Waals surface area (Å²) in [6.45, 7) is 2.88. The van der Waals surface area contributed by atoms with Gasteiger partial charge in [0.2, 0.25) is 0 Å². The van der Waals surface area contributed by atoms with Crippen LogP contribution in [0, 0.1) is 0 Å². The van der Waals surface area contributed by atoms with Crippen molar-refractivity contribution in [3.05, 3.63) is 84.2 Å². The SMILES string of the molecule is COc1ccc(OC)c(C(C)NCc2ccc(-n3cnc4ccccc43)cc2)c1.O=C(O)C(=O)O. The van der Waals surface area contributed by atoms with Crippen molar-refractivity contribution in [2.24, 2.45) is 0 Å². The van der Waals surface area contributed by atoms with Crippen molar-refractivity contribution in [2.75, 3.05) is 14.2 Å². The Morgan fingerprint density at radius 1 is 0.971 bits per heavy atom. The molecule has 9 nitrogen and oxygen atoms in total. The molecule has 0 amide bonds. The highest BCUT2D eigenvalue weighted by molar-refractivity contribution is 6.27. The van der Waals surface area contributed by atoms with Gasteiger partial charge >= 0.3 is 11.9 Å². The Labute approximate surface area is 202 Å². The van der Waals surface area contributed by atoms with Gasteiger partial charge in [0, 0.05) is 23.8 Å². The molecule has 0 bridgehead atoms. The minimum atomic E-state index is -1.82. The van der Waals surface area contributed by atoms with Crippen LogP contribution in [0.25, 0.3) is 16.7 Å². The van der Waals surface area contributed by atoms with Crippen molar-refractivity contribution in [1.29, 1.82) is 0 Å². The van der Waals surface area contributed by atoms with Crippen LogP contribution in [0.5, 0.6) is 11.5 Å². The van der Waals surface area contributed by atoms with Gasteiger partial charge in [0.1, 0.15) is 17.8 Å². The lowest BCUT2D eigenvalue weighted by Crippen LogP contribution is -2.18. The maximum atomic E-state index is 9.10. The van der Waals surface area contributed by atoms with Crippen LogP contribution in [0.15, 0.2) is 73.1 Å². The fourth-order valence-electron chi connectivity index (χ4n) is 3.50. The first-order valence-electron chi connectivity index (χ1n) is 10.8. The molecule has 35 heavy (non-hydrogen) atoms. The van der Waals surface area contributed by atoms with Crippen molar-refractivity contribution >= 4 is 23.0 Å². The first kappa shape index (κ1) is 25.3. The zero-order valence-electron chi connectivity index (χ0n) is 19.6. The molecule has 0 saturated carbocycles. The van der Waals surface area contributed by atoms with E-state index in [1.54, 1.807) is 14.2 Å². The standard InChI is InChI=1S/C24H25N3O2.C2H2O4/c1-17(21-14-20(28-2)12-13-24(21)29-3)25-15-18-8-10-19(11-9-18)27-16-26-22-6-4-5-7-23(22)27;3-1(4)2(5)6/h4-14,16-17,25H,15H2,1-3H3;(H,3,4)(H,5,6). The third-order valence-corrected chi connectivity index (χ3v) is 5.37. The van der Waals surface area contributed by atoms with Crippen LogP contribution in [0.4, 0.5) is 0 Å². The van der Waals surface area contributed by atoms with Crippen molar-refractivity contribution in [1.82, 2.24) is 14.9 Å². The number of aliphatic carboxylic acids is 2. The molecule has 1 aromatic heterocycles. The highest BCUT2D eigenvalue weighted by Gasteiger charge is 2.13. The number of fused-ring (bicyclic) bond motifs is 1. The predicted molar refractivity (Wildman–Crippen MR) is 131 cm³/mol. The van der Waals surface area contributed by atoms with Crippen LogP contribution >= 0.6 is 0 Å². The Morgan fingerprint density at radius 2 is 1.66 bits per heavy atom. The number of carbonyl (C=O) groups is 2. The van der Waals surface area contributed by atoms with E-state index >= 15 is 0 Å². The number of ether oxygens (including phenoxy) is 2. The summed E-state index contributed by atoms with van der Waals surface area (Å²) in [5.74, 6) is -1.97. The van der Waals surface area contributed by atoms with Crippen LogP contribution in [-0.2, 0) is 16.1 Å². The van der Waals surface area contributed by atoms with E-state index in [9.17, 15) is 0 Å². The number of carboxylic acids is 2. The highest BCUT2D eigenvalue weighted by Crippen LogP contribution is 2.29. The summed E-state index contributed by atoms with van der Waals surface area (Å²) in [4.78, 5) is 22.7. The van der Waals surface area contributed by atoms with Gasteiger partial charge in [-0.1, -0.05) is 24.3 Å². The lowest BCUT2D eigenvalue weighted by Gasteiger charge is -2.18. The number of para-hydroxylation sites is 2. The number of rotatable bonds is 7. The molecule has 4 rings (SSSR count). The van der Waals surface area contributed by atoms with E-state index in [-0.39, 0.29) is 6.04 Å². The monoisotopic (exact) mass is 477 g/mol. The van der Waals surface area contributed by atoms with Gasteiger partial charge in [0.25, 0.3) is 0 Å². The van der Waals surface area contributed by atoms with Gasteiger partial charge < -0.3 is 25.0 Å². The summed E-state index contributed by atoms with van der Waals surface area (Å²) < 4.78 is 13.0. The van der Waals surface area contributed by atoms with Gasteiger partial charge in [-0.05, 0) is 55.0 Å². The van der Waals surface area contributed by atoms with Crippen LogP contribution in [-0.4, -0.2) is 45.9 Å². The van der Waals surface area contributed by atoms with E-state index in [4.69, 9.17) is 29.3 Å². The van der Waals surface area contributed by atoms with Gasteiger partial charge in [-0.25, -0.2) is 14.6 Å². The molecule has 9 heteroatoms. The third kappa shape index (κ3) is 6.36. The minimum absolute atomic E-state index is 0.123. The van der Waals surface area contributed by atoms with Gasteiger partial charge in [-0.2, -0.15) is 0 Å². The molecule has 0 radical (unpaired) electrons. The molecule has 1 atom stereocenters. The summed E-state index contributed by atoms with van der Waals surface area (Å²) in [5.41, 5.74) is 5.50. The van der Waals surface area contributed by atoms with Crippen molar-refractivity contribution < 1.29 is 29.3 Å². The smallest absolute Gasteiger partial charge is 0.414 e. The second-order valence-corrected chi connectivity index (χ2v) is 7.59. The quantitative estimate of drug-likeness (QED) is 0.341. The Hall–Kier alpha value is -4.37. The molecular formula is C26H27N3O6. The predicted octanol–water partition coefficient (Wildman–Crippen LogP) is 4.05.